The molecule has 1 N–H and O–H groups in total. The quantitative estimate of drug-likeness (QED) is 0.781. The van der Waals surface area contributed by atoms with E-state index in [1.165, 1.54) is 18.4 Å². The van der Waals surface area contributed by atoms with Crippen molar-refractivity contribution < 1.29 is 4.84 Å². The summed E-state index contributed by atoms with van der Waals surface area (Å²) in [7, 11) is 0. The minimum Gasteiger partial charge on any atom is -0.298 e. The SMILES string of the molecule is CC1NOC2CCC(C)(c3ccccc3)C12. The Hall–Kier alpha value is -0.860. The van der Waals surface area contributed by atoms with E-state index in [9.17, 15) is 0 Å². The highest BCUT2D eigenvalue weighted by Gasteiger charge is 2.52. The van der Waals surface area contributed by atoms with Crippen molar-refractivity contribution in [1.29, 1.82) is 0 Å². The topological polar surface area (TPSA) is 21.3 Å². The molecule has 2 aliphatic rings. The van der Waals surface area contributed by atoms with Crippen LogP contribution >= 0.6 is 0 Å². The number of hydroxylamine groups is 1. The zero-order valence-electron chi connectivity index (χ0n) is 9.94. The van der Waals surface area contributed by atoms with Gasteiger partial charge in [0.05, 0.1) is 6.10 Å². The largest absolute Gasteiger partial charge is 0.298 e. The molecule has 1 aromatic rings. The monoisotopic (exact) mass is 217 g/mol. The summed E-state index contributed by atoms with van der Waals surface area (Å²) < 4.78 is 0. The third kappa shape index (κ3) is 1.33. The van der Waals surface area contributed by atoms with Crippen molar-refractivity contribution in [2.75, 3.05) is 0 Å². The standard InChI is InChI=1S/C14H19NO/c1-10-13-12(16-15-10)8-9-14(13,2)11-6-4-3-5-7-11/h3-7,10,12-13,15H,8-9H2,1-2H3. The lowest BCUT2D eigenvalue weighted by Crippen LogP contribution is -2.37. The summed E-state index contributed by atoms with van der Waals surface area (Å²) in [6.07, 6.45) is 2.81. The number of nitrogens with one attached hydrogen (secondary N) is 1. The zero-order chi connectivity index (χ0) is 11.2. The first-order valence-electron chi connectivity index (χ1n) is 6.18. The molecule has 1 heterocycles. The van der Waals surface area contributed by atoms with Gasteiger partial charge in [0.1, 0.15) is 0 Å². The van der Waals surface area contributed by atoms with E-state index < -0.39 is 0 Å². The lowest BCUT2D eigenvalue weighted by molar-refractivity contribution is 0.0242. The van der Waals surface area contributed by atoms with Crippen molar-refractivity contribution in [2.24, 2.45) is 5.92 Å². The van der Waals surface area contributed by atoms with E-state index in [2.05, 4.69) is 49.7 Å². The van der Waals surface area contributed by atoms with Gasteiger partial charge in [-0.15, -0.1) is 0 Å². The lowest BCUT2D eigenvalue weighted by atomic mass is 9.71. The van der Waals surface area contributed by atoms with Gasteiger partial charge in [0.15, 0.2) is 0 Å². The van der Waals surface area contributed by atoms with Crippen LogP contribution in [0.1, 0.15) is 32.3 Å². The molecule has 4 unspecified atom stereocenters. The predicted octanol–water partition coefficient (Wildman–Crippen LogP) is 2.65. The third-order valence-corrected chi connectivity index (χ3v) is 4.46. The molecule has 4 atom stereocenters. The van der Waals surface area contributed by atoms with Crippen molar-refractivity contribution in [3.05, 3.63) is 35.9 Å². The summed E-state index contributed by atoms with van der Waals surface area (Å²) in [5.74, 6) is 0.606. The summed E-state index contributed by atoms with van der Waals surface area (Å²) in [6, 6.07) is 11.3. The first-order chi connectivity index (χ1) is 7.72. The van der Waals surface area contributed by atoms with Crippen LogP contribution in [0.25, 0.3) is 0 Å². The molecule has 2 heteroatoms. The van der Waals surface area contributed by atoms with Crippen LogP contribution in [-0.2, 0) is 10.3 Å². The molecule has 1 aromatic carbocycles. The maximum Gasteiger partial charge on any atom is 0.0842 e. The molecule has 1 saturated carbocycles. The molecule has 1 aliphatic carbocycles. The molecule has 86 valence electrons. The van der Waals surface area contributed by atoms with Gasteiger partial charge in [-0.1, -0.05) is 37.3 Å². The van der Waals surface area contributed by atoms with Gasteiger partial charge in [0.25, 0.3) is 0 Å². The van der Waals surface area contributed by atoms with Crippen LogP contribution in [-0.4, -0.2) is 12.1 Å². The first-order valence-corrected chi connectivity index (χ1v) is 6.18. The zero-order valence-corrected chi connectivity index (χ0v) is 9.94. The Kier molecular flexibility index (Phi) is 2.30. The van der Waals surface area contributed by atoms with Crippen LogP contribution in [0, 0.1) is 5.92 Å². The Morgan fingerprint density at radius 1 is 1.31 bits per heavy atom. The van der Waals surface area contributed by atoms with Crippen molar-refractivity contribution in [2.45, 2.75) is 44.2 Å². The van der Waals surface area contributed by atoms with E-state index in [0.717, 1.165) is 0 Å². The van der Waals surface area contributed by atoms with Gasteiger partial charge in [-0.3, -0.25) is 4.84 Å². The van der Waals surface area contributed by atoms with Gasteiger partial charge in [-0.2, -0.15) is 5.48 Å². The molecule has 16 heavy (non-hydrogen) atoms. The molecule has 2 fully saturated rings. The number of fused-ring (bicyclic) bond motifs is 1. The minimum atomic E-state index is 0.273. The third-order valence-electron chi connectivity index (χ3n) is 4.46. The van der Waals surface area contributed by atoms with Crippen molar-refractivity contribution in [3.8, 4) is 0 Å². The summed E-state index contributed by atoms with van der Waals surface area (Å²) in [4.78, 5) is 5.66. The number of rotatable bonds is 1. The van der Waals surface area contributed by atoms with Gasteiger partial charge in [-0.05, 0) is 30.7 Å². The molecule has 1 aliphatic heterocycles. The van der Waals surface area contributed by atoms with Crippen LogP contribution in [0.5, 0.6) is 0 Å². The van der Waals surface area contributed by atoms with Gasteiger partial charge < -0.3 is 0 Å². The number of hydrogen-bond donors (Lipinski definition) is 1. The highest BCUT2D eigenvalue weighted by atomic mass is 16.7. The highest BCUT2D eigenvalue weighted by molar-refractivity contribution is 5.29. The molecule has 2 nitrogen and oxygen atoms in total. The fourth-order valence-electron chi connectivity index (χ4n) is 3.63. The maximum absolute atomic E-state index is 5.66. The molecule has 0 bridgehead atoms. The van der Waals surface area contributed by atoms with Crippen LogP contribution in [0.15, 0.2) is 30.3 Å². The normalized spacial score (nSPS) is 42.2. The van der Waals surface area contributed by atoms with Gasteiger partial charge in [-0.25, -0.2) is 0 Å². The molecule has 3 rings (SSSR count). The number of hydrogen-bond acceptors (Lipinski definition) is 2. The predicted molar refractivity (Wildman–Crippen MR) is 64.0 cm³/mol. The van der Waals surface area contributed by atoms with Gasteiger partial charge in [0.2, 0.25) is 0 Å². The second-order valence-corrected chi connectivity index (χ2v) is 5.41. The van der Waals surface area contributed by atoms with Crippen molar-refractivity contribution in [3.63, 3.8) is 0 Å². The Labute approximate surface area is 97.0 Å². The van der Waals surface area contributed by atoms with Crippen molar-refractivity contribution >= 4 is 0 Å². The van der Waals surface area contributed by atoms with Crippen LogP contribution in [0.2, 0.25) is 0 Å². The minimum absolute atomic E-state index is 0.273. The van der Waals surface area contributed by atoms with Gasteiger partial charge in [0, 0.05) is 12.0 Å². The maximum atomic E-state index is 5.66. The molecular weight excluding hydrogens is 198 g/mol. The van der Waals surface area contributed by atoms with E-state index in [4.69, 9.17) is 4.84 Å². The fourth-order valence-corrected chi connectivity index (χ4v) is 3.63. The number of benzene rings is 1. The Morgan fingerprint density at radius 3 is 2.81 bits per heavy atom. The van der Waals surface area contributed by atoms with E-state index in [-0.39, 0.29) is 5.41 Å². The highest BCUT2D eigenvalue weighted by Crippen LogP contribution is 2.49. The second-order valence-electron chi connectivity index (χ2n) is 5.41. The van der Waals surface area contributed by atoms with E-state index in [1.54, 1.807) is 0 Å². The van der Waals surface area contributed by atoms with E-state index in [0.29, 0.717) is 18.1 Å². The summed E-state index contributed by atoms with van der Waals surface area (Å²) in [6.45, 7) is 4.62. The van der Waals surface area contributed by atoms with Crippen molar-refractivity contribution in [1.82, 2.24) is 5.48 Å². The molecule has 1 saturated heterocycles. The van der Waals surface area contributed by atoms with E-state index >= 15 is 0 Å². The van der Waals surface area contributed by atoms with Gasteiger partial charge >= 0.3 is 0 Å². The Balaban J connectivity index is 1.99. The first kappa shape index (κ1) is 10.3. The average Bonchev–Trinajstić information content (AvgIpc) is 2.84. The van der Waals surface area contributed by atoms with E-state index in [1.807, 2.05) is 0 Å². The van der Waals surface area contributed by atoms with Crippen LogP contribution in [0.3, 0.4) is 0 Å². The molecule has 0 aromatic heterocycles. The molecule has 0 amide bonds. The molecule has 0 radical (unpaired) electrons. The van der Waals surface area contributed by atoms with Crippen LogP contribution in [0.4, 0.5) is 0 Å². The Bertz CT molecular complexity index is 378. The van der Waals surface area contributed by atoms with Crippen LogP contribution < -0.4 is 5.48 Å². The fraction of sp³-hybridized carbons (Fsp3) is 0.571. The summed E-state index contributed by atoms with van der Waals surface area (Å²) in [5, 5.41) is 0. The average molecular weight is 217 g/mol. The summed E-state index contributed by atoms with van der Waals surface area (Å²) in [5.41, 5.74) is 4.88. The molecular formula is C14H19NO. The molecule has 0 spiro atoms. The smallest absolute Gasteiger partial charge is 0.0842 e. The summed E-state index contributed by atoms with van der Waals surface area (Å²) >= 11 is 0. The lowest BCUT2D eigenvalue weighted by Gasteiger charge is -2.33. The Morgan fingerprint density at radius 2 is 2.06 bits per heavy atom. The second kappa shape index (κ2) is 3.57.